The van der Waals surface area contributed by atoms with Crippen LogP contribution in [0.1, 0.15) is 6.42 Å². The van der Waals surface area contributed by atoms with Crippen LogP contribution >= 0.6 is 0 Å². The molecular weight excluding hydrogens is 435 g/mol. The lowest BCUT2D eigenvalue weighted by molar-refractivity contribution is -0.0675. The van der Waals surface area contributed by atoms with Crippen molar-refractivity contribution in [1.82, 2.24) is 29.0 Å². The number of methoxy groups -OCH3 is 1. The molecule has 0 spiro atoms. The summed E-state index contributed by atoms with van der Waals surface area (Å²) in [7, 11) is 3.16. The molecule has 0 amide bonds. The maximum absolute atomic E-state index is 14.5. The van der Waals surface area contributed by atoms with Gasteiger partial charge in [0.25, 0.3) is 5.92 Å². The van der Waals surface area contributed by atoms with E-state index >= 15 is 0 Å². The normalized spacial score (nSPS) is 18.8. The van der Waals surface area contributed by atoms with Gasteiger partial charge >= 0.3 is 0 Å². The molecule has 1 N–H and O–H groups in total. The van der Waals surface area contributed by atoms with Crippen LogP contribution in [-0.2, 0) is 6.54 Å². The summed E-state index contributed by atoms with van der Waals surface area (Å²) in [5, 5.41) is 7.21. The number of halogens is 3. The number of likely N-dealkylation sites (tertiary alicyclic amines) is 1. The standard InChI is InChI=1S/C22H24F3N7O/c1-30-8-6-18(22(24,25)12-30)27-21-28-20(33-2)19-15(5-9-32(19)29-21)14-3-4-16-17(11-14)31(10-7-23)13-26-16/h3-5,9,11,13,18H,6-8,10,12H2,1-2H3,(H,27,29)/t18-/m1/s1. The number of rotatable bonds is 6. The van der Waals surface area contributed by atoms with E-state index in [1.165, 1.54) is 7.11 Å². The van der Waals surface area contributed by atoms with Crippen molar-refractivity contribution in [2.24, 2.45) is 0 Å². The highest BCUT2D eigenvalue weighted by atomic mass is 19.3. The zero-order valence-electron chi connectivity index (χ0n) is 18.3. The fourth-order valence-corrected chi connectivity index (χ4v) is 4.37. The van der Waals surface area contributed by atoms with Crippen LogP contribution in [0.5, 0.6) is 5.88 Å². The highest BCUT2D eigenvalue weighted by Gasteiger charge is 2.44. The summed E-state index contributed by atoms with van der Waals surface area (Å²) >= 11 is 0. The third-order valence-electron chi connectivity index (χ3n) is 6.02. The third kappa shape index (κ3) is 3.86. The van der Waals surface area contributed by atoms with Gasteiger partial charge in [-0.3, -0.25) is 0 Å². The first kappa shape index (κ1) is 21.5. The van der Waals surface area contributed by atoms with Gasteiger partial charge in [-0.15, -0.1) is 5.10 Å². The Kier molecular flexibility index (Phi) is 5.35. The third-order valence-corrected chi connectivity index (χ3v) is 6.02. The quantitative estimate of drug-likeness (QED) is 0.476. The molecule has 4 aromatic rings. The highest BCUT2D eigenvalue weighted by molar-refractivity contribution is 5.89. The monoisotopic (exact) mass is 459 g/mol. The van der Waals surface area contributed by atoms with Crippen LogP contribution < -0.4 is 10.1 Å². The van der Waals surface area contributed by atoms with Crippen LogP contribution in [0.4, 0.5) is 19.1 Å². The van der Waals surface area contributed by atoms with Crippen molar-refractivity contribution in [2.45, 2.75) is 24.9 Å². The van der Waals surface area contributed by atoms with E-state index in [9.17, 15) is 13.2 Å². The fourth-order valence-electron chi connectivity index (χ4n) is 4.37. The maximum atomic E-state index is 14.5. The van der Waals surface area contributed by atoms with E-state index in [0.717, 1.165) is 22.2 Å². The van der Waals surface area contributed by atoms with Gasteiger partial charge in [0.2, 0.25) is 11.8 Å². The number of imidazole rings is 1. The van der Waals surface area contributed by atoms with E-state index < -0.39 is 18.6 Å². The summed E-state index contributed by atoms with van der Waals surface area (Å²) in [6.07, 6.45) is 3.62. The Morgan fingerprint density at radius 2 is 2.12 bits per heavy atom. The summed E-state index contributed by atoms with van der Waals surface area (Å²) in [5.74, 6) is -2.56. The number of hydrogen-bond donors (Lipinski definition) is 1. The molecular formula is C22H24F3N7O. The molecule has 11 heteroatoms. The molecule has 3 aromatic heterocycles. The summed E-state index contributed by atoms with van der Waals surface area (Å²) in [6, 6.07) is 6.50. The van der Waals surface area contributed by atoms with Crippen molar-refractivity contribution < 1.29 is 17.9 Å². The number of nitrogens with one attached hydrogen (secondary N) is 1. The Morgan fingerprint density at radius 3 is 2.88 bits per heavy atom. The van der Waals surface area contributed by atoms with Gasteiger partial charge in [0, 0.05) is 18.3 Å². The Labute approximate surface area is 188 Å². The van der Waals surface area contributed by atoms with Crippen LogP contribution in [0.2, 0.25) is 0 Å². The zero-order valence-corrected chi connectivity index (χ0v) is 18.3. The minimum absolute atomic E-state index is 0.0761. The SMILES string of the molecule is COc1nc(N[C@@H]2CCN(C)CC2(F)F)nn2ccc(-c3ccc4ncn(CCF)c4c3)c12. The second kappa shape index (κ2) is 8.22. The molecule has 0 unspecified atom stereocenters. The highest BCUT2D eigenvalue weighted by Crippen LogP contribution is 2.34. The first-order valence-electron chi connectivity index (χ1n) is 10.7. The number of aromatic nitrogens is 5. The minimum atomic E-state index is -2.90. The van der Waals surface area contributed by atoms with Gasteiger partial charge in [-0.2, -0.15) is 4.98 Å². The number of nitrogens with zero attached hydrogens (tertiary/aromatic N) is 6. The summed E-state index contributed by atoms with van der Waals surface area (Å²) in [5.41, 5.74) is 3.85. The first-order chi connectivity index (χ1) is 15.9. The molecule has 8 nitrogen and oxygen atoms in total. The largest absolute Gasteiger partial charge is 0.479 e. The average molecular weight is 459 g/mol. The Bertz CT molecular complexity index is 1300. The van der Waals surface area contributed by atoms with Gasteiger partial charge in [0.15, 0.2) is 0 Å². The van der Waals surface area contributed by atoms with E-state index in [2.05, 4.69) is 20.4 Å². The number of aryl methyl sites for hydroxylation is 1. The topological polar surface area (TPSA) is 72.5 Å². The Morgan fingerprint density at radius 1 is 1.27 bits per heavy atom. The molecule has 1 aromatic carbocycles. The van der Waals surface area contributed by atoms with Gasteiger partial charge in [0.05, 0.1) is 43.6 Å². The molecule has 1 aliphatic rings. The second-order valence-corrected chi connectivity index (χ2v) is 8.28. The van der Waals surface area contributed by atoms with Crippen LogP contribution in [-0.4, -0.2) is 74.9 Å². The summed E-state index contributed by atoms with van der Waals surface area (Å²) < 4.78 is 50.7. The number of alkyl halides is 3. The number of hydrogen-bond acceptors (Lipinski definition) is 6. The van der Waals surface area contributed by atoms with Gasteiger partial charge in [-0.05, 0) is 37.2 Å². The van der Waals surface area contributed by atoms with Gasteiger partial charge < -0.3 is 19.5 Å². The lowest BCUT2D eigenvalue weighted by Crippen LogP contribution is -2.53. The molecule has 0 saturated carbocycles. The molecule has 33 heavy (non-hydrogen) atoms. The maximum Gasteiger partial charge on any atom is 0.280 e. The smallest absolute Gasteiger partial charge is 0.280 e. The Balaban J connectivity index is 1.52. The molecule has 1 atom stereocenters. The predicted octanol–water partition coefficient (Wildman–Crippen LogP) is 3.48. The summed E-state index contributed by atoms with van der Waals surface area (Å²) in [6.45, 7) is -0.0287. The number of fused-ring (bicyclic) bond motifs is 2. The number of piperidine rings is 1. The van der Waals surface area contributed by atoms with Crippen molar-refractivity contribution in [3.05, 3.63) is 36.8 Å². The second-order valence-electron chi connectivity index (χ2n) is 8.28. The average Bonchev–Trinajstić information content (AvgIpc) is 3.39. The Hall–Kier alpha value is -3.34. The van der Waals surface area contributed by atoms with Crippen molar-refractivity contribution in [1.29, 1.82) is 0 Å². The molecule has 174 valence electrons. The molecule has 1 aliphatic heterocycles. The van der Waals surface area contributed by atoms with Crippen molar-refractivity contribution in [2.75, 3.05) is 39.2 Å². The van der Waals surface area contributed by atoms with Crippen LogP contribution in [0, 0.1) is 0 Å². The van der Waals surface area contributed by atoms with Gasteiger partial charge in [-0.1, -0.05) is 6.07 Å². The molecule has 1 saturated heterocycles. The van der Waals surface area contributed by atoms with Crippen molar-refractivity contribution >= 4 is 22.5 Å². The van der Waals surface area contributed by atoms with Crippen molar-refractivity contribution in [3.8, 4) is 17.0 Å². The fraction of sp³-hybridized carbons (Fsp3) is 0.409. The minimum Gasteiger partial charge on any atom is -0.479 e. The molecule has 0 bridgehead atoms. The molecule has 1 fully saturated rings. The molecule has 5 rings (SSSR count). The van der Waals surface area contributed by atoms with E-state index in [-0.39, 0.29) is 31.3 Å². The van der Waals surface area contributed by atoms with Crippen LogP contribution in [0.15, 0.2) is 36.8 Å². The molecule has 0 aliphatic carbocycles. The number of ether oxygens (including phenoxy) is 1. The molecule has 0 radical (unpaired) electrons. The van der Waals surface area contributed by atoms with E-state index in [1.807, 2.05) is 24.3 Å². The summed E-state index contributed by atoms with van der Waals surface area (Å²) in [4.78, 5) is 10.3. The van der Waals surface area contributed by atoms with E-state index in [1.54, 1.807) is 33.6 Å². The van der Waals surface area contributed by atoms with E-state index in [0.29, 0.717) is 12.1 Å². The van der Waals surface area contributed by atoms with E-state index in [4.69, 9.17) is 4.74 Å². The van der Waals surface area contributed by atoms with Crippen molar-refractivity contribution in [3.63, 3.8) is 0 Å². The predicted molar refractivity (Wildman–Crippen MR) is 119 cm³/mol. The number of benzene rings is 1. The lowest BCUT2D eigenvalue weighted by Gasteiger charge is -2.36. The lowest BCUT2D eigenvalue weighted by atomic mass is 10.0. The van der Waals surface area contributed by atoms with Gasteiger partial charge in [0.1, 0.15) is 12.2 Å². The van der Waals surface area contributed by atoms with Crippen LogP contribution in [0.25, 0.3) is 27.7 Å². The molecule has 4 heterocycles. The number of anilines is 1. The van der Waals surface area contributed by atoms with Gasteiger partial charge in [-0.25, -0.2) is 22.7 Å². The van der Waals surface area contributed by atoms with Crippen LogP contribution in [0.3, 0.4) is 0 Å². The zero-order chi connectivity index (χ0) is 23.2. The first-order valence-corrected chi connectivity index (χ1v) is 10.7.